The first-order chi connectivity index (χ1) is 13.7. The van der Waals surface area contributed by atoms with Gasteiger partial charge in [0, 0.05) is 30.6 Å². The summed E-state index contributed by atoms with van der Waals surface area (Å²) in [4.78, 5) is 3.13. The van der Waals surface area contributed by atoms with Crippen LogP contribution in [0.15, 0.2) is 58.2 Å². The average molecular weight is 294 g/mol. The van der Waals surface area contributed by atoms with E-state index in [2.05, 4.69) is 0 Å². The molecule has 2 aromatic rings. The first-order valence-corrected chi connectivity index (χ1v) is 7.01. The summed E-state index contributed by atoms with van der Waals surface area (Å²) < 4.78 is 78.7. The predicted molar refractivity (Wildman–Crippen MR) is 87.2 cm³/mol. The molecule has 0 saturated carbocycles. The number of para-hydroxylation sites is 2. The van der Waals surface area contributed by atoms with Crippen molar-refractivity contribution < 1.29 is 13.7 Å². The van der Waals surface area contributed by atoms with Crippen molar-refractivity contribution in [2.45, 2.75) is 22.8 Å². The van der Waals surface area contributed by atoms with Crippen LogP contribution in [-0.4, -0.2) is 31.4 Å². The van der Waals surface area contributed by atoms with E-state index in [0.29, 0.717) is 15.5 Å². The lowest BCUT2D eigenvalue weighted by molar-refractivity contribution is 0.319. The maximum atomic E-state index is 8.40. The fraction of sp³-hybridized carbons (Fsp3) is 0.294. The highest BCUT2D eigenvalue weighted by molar-refractivity contribution is 7.99. The van der Waals surface area contributed by atoms with Gasteiger partial charge in [-0.05, 0) is 45.1 Å². The minimum Gasteiger partial charge on any atom is -0.338 e. The Balaban J connectivity index is 2.16. The Bertz CT molecular complexity index is 958. The molecule has 20 heavy (non-hydrogen) atoms. The van der Waals surface area contributed by atoms with E-state index in [1.807, 2.05) is 0 Å². The van der Waals surface area contributed by atoms with Gasteiger partial charge < -0.3 is 9.80 Å². The average Bonchev–Trinajstić information content (AvgIpc) is 2.61. The zero-order valence-electron chi connectivity index (χ0n) is 20.9. The molecule has 1 heterocycles. The Hall–Kier alpha value is -1.45. The minimum atomic E-state index is -2.87. The van der Waals surface area contributed by atoms with Gasteiger partial charge in [0.2, 0.25) is 0 Å². The van der Waals surface area contributed by atoms with Crippen LogP contribution in [0.4, 0.5) is 11.4 Å². The van der Waals surface area contributed by atoms with Crippen molar-refractivity contribution in [2.75, 3.05) is 25.4 Å². The Morgan fingerprint density at radius 3 is 2.85 bits per heavy atom. The minimum absolute atomic E-state index is 0.0938. The van der Waals surface area contributed by atoms with Gasteiger partial charge >= 0.3 is 0 Å². The van der Waals surface area contributed by atoms with Gasteiger partial charge in [0.1, 0.15) is 0 Å². The summed E-state index contributed by atoms with van der Waals surface area (Å²) in [5, 5.41) is 0. The van der Waals surface area contributed by atoms with Crippen molar-refractivity contribution in [1.82, 2.24) is 4.90 Å². The smallest absolute Gasteiger partial charge is 0.0645 e. The molecule has 1 aliphatic rings. The summed E-state index contributed by atoms with van der Waals surface area (Å²) in [5.74, 6) is 0. The van der Waals surface area contributed by atoms with Crippen molar-refractivity contribution in [3.63, 3.8) is 0 Å². The fourth-order valence-electron chi connectivity index (χ4n) is 2.09. The Labute approximate surface area is 139 Å². The molecule has 0 bridgehead atoms. The zero-order valence-corrected chi connectivity index (χ0v) is 11.7. The summed E-state index contributed by atoms with van der Waals surface area (Å²) in [5.41, 5.74) is 0.843. The lowest BCUT2D eigenvalue weighted by Gasteiger charge is -2.36. The van der Waals surface area contributed by atoms with Gasteiger partial charge in [-0.2, -0.15) is 0 Å². The van der Waals surface area contributed by atoms with Gasteiger partial charge in [0.05, 0.1) is 16.9 Å². The lowest BCUT2D eigenvalue weighted by atomic mass is 10.2. The van der Waals surface area contributed by atoms with Gasteiger partial charge in [-0.15, -0.1) is 0 Å². The van der Waals surface area contributed by atoms with Gasteiger partial charge in [-0.25, -0.2) is 0 Å². The van der Waals surface area contributed by atoms with Crippen molar-refractivity contribution in [3.8, 4) is 0 Å². The number of rotatable bonds is 3. The molecule has 0 fully saturated rings. The number of hydrogen-bond acceptors (Lipinski definition) is 3. The molecule has 0 aromatic heterocycles. The number of nitrogens with zero attached hydrogens (tertiary/aromatic N) is 2. The van der Waals surface area contributed by atoms with Crippen molar-refractivity contribution in [2.24, 2.45) is 0 Å². The summed E-state index contributed by atoms with van der Waals surface area (Å²) in [6.45, 7) is -4.35. The first-order valence-electron chi connectivity index (χ1n) is 11.2. The lowest BCUT2D eigenvalue weighted by Crippen LogP contribution is -2.37. The van der Waals surface area contributed by atoms with Crippen LogP contribution in [0.2, 0.25) is 0 Å². The molecule has 1 unspecified atom stereocenters. The number of benzene rings is 2. The van der Waals surface area contributed by atoms with Crippen molar-refractivity contribution >= 4 is 23.1 Å². The van der Waals surface area contributed by atoms with E-state index in [1.54, 1.807) is 29.2 Å². The summed E-state index contributed by atoms with van der Waals surface area (Å²) in [7, 11) is 0. The quantitative estimate of drug-likeness (QED) is 0.836. The van der Waals surface area contributed by atoms with Crippen LogP contribution < -0.4 is 4.90 Å². The van der Waals surface area contributed by atoms with Gasteiger partial charge in [-0.1, -0.05) is 36.0 Å². The van der Waals surface area contributed by atoms with Crippen LogP contribution in [0.1, 0.15) is 20.6 Å². The van der Waals surface area contributed by atoms with Crippen LogP contribution in [0.25, 0.3) is 0 Å². The molecule has 0 saturated heterocycles. The number of anilines is 2. The van der Waals surface area contributed by atoms with E-state index in [-0.39, 0.29) is 30.4 Å². The van der Waals surface area contributed by atoms with E-state index < -0.39 is 26.0 Å². The molecule has 104 valence electrons. The molecule has 2 nitrogen and oxygen atoms in total. The third-order valence-electron chi connectivity index (χ3n) is 3.16. The molecule has 1 atom stereocenters. The van der Waals surface area contributed by atoms with E-state index in [4.69, 9.17) is 13.7 Å². The van der Waals surface area contributed by atoms with E-state index in [9.17, 15) is 0 Å². The highest BCUT2D eigenvalue weighted by Gasteiger charge is 2.24. The van der Waals surface area contributed by atoms with Crippen LogP contribution in [0.5, 0.6) is 0 Å². The maximum Gasteiger partial charge on any atom is 0.0645 e. The Morgan fingerprint density at radius 2 is 2.00 bits per heavy atom. The van der Waals surface area contributed by atoms with Crippen LogP contribution in [0.3, 0.4) is 0 Å². The molecular weight excluding hydrogens is 264 g/mol. The van der Waals surface area contributed by atoms with Gasteiger partial charge in [0.15, 0.2) is 0 Å². The number of fused-ring (bicyclic) bond motifs is 2. The third kappa shape index (κ3) is 2.43. The third-order valence-corrected chi connectivity index (χ3v) is 4.22. The van der Waals surface area contributed by atoms with E-state index in [0.717, 1.165) is 4.90 Å². The summed E-state index contributed by atoms with van der Waals surface area (Å²) in [6.07, 6.45) is 0. The van der Waals surface area contributed by atoms with Gasteiger partial charge in [-0.3, -0.25) is 0 Å². The first kappa shape index (κ1) is 6.12. The van der Waals surface area contributed by atoms with Crippen molar-refractivity contribution in [1.29, 1.82) is 0 Å². The second-order valence-electron chi connectivity index (χ2n) is 4.58. The maximum absolute atomic E-state index is 8.40. The Kier molecular flexibility index (Phi) is 1.69. The molecule has 0 amide bonds. The molecule has 1 aliphatic heterocycles. The molecule has 0 aliphatic carbocycles. The zero-order chi connectivity index (χ0) is 22.6. The molecular formula is C17H20N2S. The Morgan fingerprint density at radius 1 is 1.20 bits per heavy atom. The molecule has 0 radical (unpaired) electrons. The SMILES string of the molecule is [2H]c1c([2H])c([2H])c2c(c1[2H])Sc1ccccc1N2CC(C)N(C([2H])([2H])[2H])C([2H])([2H])[2H]. The molecule has 3 rings (SSSR count). The predicted octanol–water partition coefficient (Wildman–Crippen LogP) is 4.24. The van der Waals surface area contributed by atoms with Crippen LogP contribution in [-0.2, 0) is 0 Å². The second kappa shape index (κ2) is 5.51. The number of likely N-dealkylation sites (N-methyl/N-ethyl adjacent to an activating group) is 1. The van der Waals surface area contributed by atoms with E-state index >= 15 is 0 Å². The summed E-state index contributed by atoms with van der Waals surface area (Å²) >= 11 is 1.21. The molecule has 0 N–H and O–H groups in total. The molecule has 2 aromatic carbocycles. The van der Waals surface area contributed by atoms with Gasteiger partial charge in [0.25, 0.3) is 0 Å². The highest BCUT2D eigenvalue weighted by atomic mass is 32.2. The monoisotopic (exact) mass is 294 g/mol. The van der Waals surface area contributed by atoms with E-state index in [1.165, 1.54) is 18.7 Å². The largest absolute Gasteiger partial charge is 0.338 e. The topological polar surface area (TPSA) is 6.48 Å². The highest BCUT2D eigenvalue weighted by Crippen LogP contribution is 2.47. The number of hydrogen-bond donors (Lipinski definition) is 0. The molecule has 3 heteroatoms. The normalized spacial score (nSPS) is 23.4. The molecule has 0 spiro atoms. The second-order valence-corrected chi connectivity index (χ2v) is 5.63. The standard InChI is InChI=1S/C17H20N2S/c1-13(18(2)3)12-19-14-8-4-6-10-16(14)20-17-11-7-5-9-15(17)19/h4-11,13H,12H2,1-3H3/i2D3,3D3,4D,6D,8D,10D. The van der Waals surface area contributed by atoms with Crippen molar-refractivity contribution in [3.05, 3.63) is 48.4 Å². The summed E-state index contributed by atoms with van der Waals surface area (Å²) in [6, 6.07) is 4.93. The van der Waals surface area contributed by atoms with Crippen LogP contribution >= 0.6 is 11.8 Å². The fourth-order valence-corrected chi connectivity index (χ4v) is 3.10. The van der Waals surface area contributed by atoms with Crippen LogP contribution in [0, 0.1) is 0 Å².